The molecule has 4 nitrogen and oxygen atoms in total. The largest absolute Gasteiger partial charge is 0.383 e. The molecule has 2 N–H and O–H groups in total. The van der Waals surface area contributed by atoms with Crippen LogP contribution in [0.4, 0.5) is 0 Å². The van der Waals surface area contributed by atoms with E-state index in [2.05, 4.69) is 10.6 Å². The van der Waals surface area contributed by atoms with Gasteiger partial charge in [-0.05, 0) is 18.9 Å². The van der Waals surface area contributed by atoms with Crippen molar-refractivity contribution in [3.05, 3.63) is 0 Å². The SMILES string of the molecule is COCCNC(=O)CCNCCC1CCCCC1. The minimum atomic E-state index is 0.109. The van der Waals surface area contributed by atoms with E-state index in [1.165, 1.54) is 38.5 Å². The monoisotopic (exact) mass is 256 g/mol. The maximum atomic E-state index is 11.4. The van der Waals surface area contributed by atoms with Crippen molar-refractivity contribution in [2.45, 2.75) is 44.9 Å². The molecule has 106 valence electrons. The molecule has 1 fully saturated rings. The number of ether oxygens (including phenoxy) is 1. The molecule has 0 aromatic heterocycles. The highest BCUT2D eigenvalue weighted by Gasteiger charge is 2.12. The Bertz CT molecular complexity index is 216. The van der Waals surface area contributed by atoms with Crippen molar-refractivity contribution in [2.24, 2.45) is 5.92 Å². The molecule has 0 unspecified atom stereocenters. The van der Waals surface area contributed by atoms with Gasteiger partial charge in [-0.25, -0.2) is 0 Å². The molecule has 18 heavy (non-hydrogen) atoms. The summed E-state index contributed by atoms with van der Waals surface area (Å²) in [7, 11) is 1.64. The summed E-state index contributed by atoms with van der Waals surface area (Å²) in [6.45, 7) is 3.03. The summed E-state index contributed by atoms with van der Waals surface area (Å²) in [6, 6.07) is 0. The predicted octanol–water partition coefficient (Wildman–Crippen LogP) is 1.70. The topological polar surface area (TPSA) is 50.4 Å². The lowest BCUT2D eigenvalue weighted by Crippen LogP contribution is -2.30. The van der Waals surface area contributed by atoms with Crippen molar-refractivity contribution < 1.29 is 9.53 Å². The molecule has 1 aliphatic rings. The normalized spacial score (nSPS) is 16.7. The molecule has 1 aliphatic carbocycles. The third-order valence-corrected chi connectivity index (χ3v) is 3.61. The molecule has 0 aromatic rings. The zero-order chi connectivity index (χ0) is 13.1. The number of hydrogen-bond acceptors (Lipinski definition) is 3. The molecule has 0 heterocycles. The first-order valence-electron chi connectivity index (χ1n) is 7.29. The second-order valence-corrected chi connectivity index (χ2v) is 5.14. The van der Waals surface area contributed by atoms with Gasteiger partial charge in [0.25, 0.3) is 0 Å². The van der Waals surface area contributed by atoms with E-state index in [1.807, 2.05) is 0 Å². The van der Waals surface area contributed by atoms with Gasteiger partial charge >= 0.3 is 0 Å². The molecule has 0 atom stereocenters. The molecule has 0 aromatic carbocycles. The zero-order valence-electron chi connectivity index (χ0n) is 11.7. The smallest absolute Gasteiger partial charge is 0.221 e. The van der Waals surface area contributed by atoms with Crippen molar-refractivity contribution in [1.29, 1.82) is 0 Å². The van der Waals surface area contributed by atoms with Crippen molar-refractivity contribution in [3.8, 4) is 0 Å². The fraction of sp³-hybridized carbons (Fsp3) is 0.929. The first-order chi connectivity index (χ1) is 8.83. The van der Waals surface area contributed by atoms with Gasteiger partial charge < -0.3 is 15.4 Å². The van der Waals surface area contributed by atoms with E-state index in [4.69, 9.17) is 4.74 Å². The number of amides is 1. The van der Waals surface area contributed by atoms with Gasteiger partial charge in [-0.1, -0.05) is 32.1 Å². The van der Waals surface area contributed by atoms with Crippen molar-refractivity contribution in [1.82, 2.24) is 10.6 Å². The van der Waals surface area contributed by atoms with Gasteiger partial charge in [0, 0.05) is 26.6 Å². The lowest BCUT2D eigenvalue weighted by atomic mass is 9.87. The average Bonchev–Trinajstić information content (AvgIpc) is 2.40. The van der Waals surface area contributed by atoms with Crippen LogP contribution in [0.1, 0.15) is 44.9 Å². The highest BCUT2D eigenvalue weighted by atomic mass is 16.5. The summed E-state index contributed by atoms with van der Waals surface area (Å²) in [5.74, 6) is 1.03. The minimum absolute atomic E-state index is 0.109. The van der Waals surface area contributed by atoms with Crippen LogP contribution in [0, 0.1) is 5.92 Å². The van der Waals surface area contributed by atoms with Crippen LogP contribution >= 0.6 is 0 Å². The molecule has 4 heteroatoms. The van der Waals surface area contributed by atoms with E-state index in [-0.39, 0.29) is 5.91 Å². The second kappa shape index (κ2) is 10.3. The Morgan fingerprint density at radius 1 is 1.17 bits per heavy atom. The maximum Gasteiger partial charge on any atom is 0.221 e. The zero-order valence-corrected chi connectivity index (χ0v) is 11.7. The van der Waals surface area contributed by atoms with Crippen molar-refractivity contribution >= 4 is 5.91 Å². The molecule has 0 aliphatic heterocycles. The second-order valence-electron chi connectivity index (χ2n) is 5.14. The maximum absolute atomic E-state index is 11.4. The van der Waals surface area contributed by atoms with Gasteiger partial charge in [0.1, 0.15) is 0 Å². The number of carbonyl (C=O) groups excluding carboxylic acids is 1. The Labute approximate surface area is 111 Å². The van der Waals surface area contributed by atoms with E-state index >= 15 is 0 Å². The highest BCUT2D eigenvalue weighted by molar-refractivity contribution is 5.75. The van der Waals surface area contributed by atoms with E-state index < -0.39 is 0 Å². The lowest BCUT2D eigenvalue weighted by molar-refractivity contribution is -0.121. The van der Waals surface area contributed by atoms with E-state index in [0.717, 1.165) is 19.0 Å². The number of methoxy groups -OCH3 is 1. The minimum Gasteiger partial charge on any atom is -0.383 e. The Hall–Kier alpha value is -0.610. The molecule has 0 radical (unpaired) electrons. The molecule has 0 saturated heterocycles. The van der Waals surface area contributed by atoms with Gasteiger partial charge in [0.05, 0.1) is 6.61 Å². The number of rotatable bonds is 9. The molecule has 0 spiro atoms. The summed E-state index contributed by atoms with van der Waals surface area (Å²) in [5, 5.41) is 6.18. The number of hydrogen-bond donors (Lipinski definition) is 2. The first-order valence-corrected chi connectivity index (χ1v) is 7.29. The van der Waals surface area contributed by atoms with Crippen LogP contribution < -0.4 is 10.6 Å². The van der Waals surface area contributed by atoms with Crippen LogP contribution in [-0.4, -0.2) is 39.3 Å². The third kappa shape index (κ3) is 7.67. The molecule has 0 bridgehead atoms. The average molecular weight is 256 g/mol. The Morgan fingerprint density at radius 3 is 2.67 bits per heavy atom. The van der Waals surface area contributed by atoms with Gasteiger partial charge in [-0.15, -0.1) is 0 Å². The Morgan fingerprint density at radius 2 is 1.94 bits per heavy atom. The fourth-order valence-electron chi connectivity index (χ4n) is 2.49. The molecule has 1 rings (SSSR count). The number of nitrogens with one attached hydrogen (secondary N) is 2. The van der Waals surface area contributed by atoms with Crippen LogP contribution in [0.3, 0.4) is 0 Å². The Balaban J connectivity index is 1.86. The summed E-state index contributed by atoms with van der Waals surface area (Å²) >= 11 is 0. The van der Waals surface area contributed by atoms with E-state index in [9.17, 15) is 4.79 Å². The van der Waals surface area contributed by atoms with Gasteiger partial charge in [0.15, 0.2) is 0 Å². The van der Waals surface area contributed by atoms with Gasteiger partial charge in [-0.2, -0.15) is 0 Å². The Kier molecular flexibility index (Phi) is 8.86. The quantitative estimate of drug-likeness (QED) is 0.617. The summed E-state index contributed by atoms with van der Waals surface area (Å²) < 4.78 is 4.87. The number of carbonyl (C=O) groups is 1. The lowest BCUT2D eigenvalue weighted by Gasteiger charge is -2.21. The van der Waals surface area contributed by atoms with E-state index in [1.54, 1.807) is 7.11 Å². The molecular formula is C14H28N2O2. The van der Waals surface area contributed by atoms with E-state index in [0.29, 0.717) is 19.6 Å². The van der Waals surface area contributed by atoms with Crippen molar-refractivity contribution in [3.63, 3.8) is 0 Å². The highest BCUT2D eigenvalue weighted by Crippen LogP contribution is 2.25. The van der Waals surface area contributed by atoms with Gasteiger partial charge in [0.2, 0.25) is 5.91 Å². The molecular weight excluding hydrogens is 228 g/mol. The van der Waals surface area contributed by atoms with Crippen LogP contribution in [0.25, 0.3) is 0 Å². The molecule has 1 saturated carbocycles. The van der Waals surface area contributed by atoms with Crippen LogP contribution in [0.15, 0.2) is 0 Å². The van der Waals surface area contributed by atoms with Crippen LogP contribution in [0.2, 0.25) is 0 Å². The third-order valence-electron chi connectivity index (χ3n) is 3.61. The van der Waals surface area contributed by atoms with Crippen LogP contribution in [-0.2, 0) is 9.53 Å². The first kappa shape index (κ1) is 15.4. The fourth-order valence-corrected chi connectivity index (χ4v) is 2.49. The standard InChI is InChI=1S/C14H28N2O2/c1-18-12-11-16-14(17)8-10-15-9-7-13-5-3-2-4-6-13/h13,15H,2-12H2,1H3,(H,16,17). The summed E-state index contributed by atoms with van der Waals surface area (Å²) in [5.41, 5.74) is 0. The predicted molar refractivity (Wildman–Crippen MR) is 73.6 cm³/mol. The summed E-state index contributed by atoms with van der Waals surface area (Å²) in [4.78, 5) is 11.4. The molecule has 1 amide bonds. The van der Waals surface area contributed by atoms with Crippen molar-refractivity contribution in [2.75, 3.05) is 33.4 Å². The summed E-state index contributed by atoms with van der Waals surface area (Å²) in [6.07, 6.45) is 8.88. The van der Waals surface area contributed by atoms with Crippen LogP contribution in [0.5, 0.6) is 0 Å². The van der Waals surface area contributed by atoms with Gasteiger partial charge in [-0.3, -0.25) is 4.79 Å².